The van der Waals surface area contributed by atoms with Crippen LogP contribution in [0.4, 0.5) is 0 Å². The van der Waals surface area contributed by atoms with Gasteiger partial charge in [0.15, 0.2) is 5.96 Å². The normalized spacial score (nSPS) is 19.8. The molecule has 3 rings (SSSR count). The Balaban J connectivity index is 0.00000280. The summed E-state index contributed by atoms with van der Waals surface area (Å²) in [6.45, 7) is 4.98. The van der Waals surface area contributed by atoms with E-state index in [9.17, 15) is 4.79 Å². The van der Waals surface area contributed by atoms with E-state index in [0.29, 0.717) is 18.0 Å². The molecule has 1 unspecified atom stereocenters. The molecule has 1 amide bonds. The molecule has 1 aliphatic carbocycles. The minimum Gasteiger partial charge on any atom is -0.357 e. The topological polar surface area (TPSA) is 80.5 Å². The summed E-state index contributed by atoms with van der Waals surface area (Å²) < 4.78 is 0. The van der Waals surface area contributed by atoms with Crippen LogP contribution in [0.25, 0.3) is 0 Å². The number of hydrogen-bond donors (Lipinski definition) is 2. The van der Waals surface area contributed by atoms with E-state index in [1.54, 1.807) is 0 Å². The van der Waals surface area contributed by atoms with Gasteiger partial charge in [-0.05, 0) is 43.9 Å². The Hall–Kier alpha value is -1.82. The number of aliphatic imine (C=N–C) groups is 1. The lowest BCUT2D eigenvalue weighted by atomic mass is 10.1. The van der Waals surface area contributed by atoms with Crippen molar-refractivity contribution in [3.8, 4) is 6.07 Å². The molecule has 2 aliphatic rings. The van der Waals surface area contributed by atoms with Crippen molar-refractivity contribution >= 4 is 35.8 Å². The van der Waals surface area contributed by atoms with Gasteiger partial charge < -0.3 is 15.5 Å². The summed E-state index contributed by atoms with van der Waals surface area (Å²) in [6, 6.07) is 9.87. The van der Waals surface area contributed by atoms with Crippen LogP contribution < -0.4 is 10.6 Å². The lowest BCUT2D eigenvalue weighted by Gasteiger charge is -2.21. The molecule has 1 saturated heterocycles. The smallest absolute Gasteiger partial charge is 0.225 e. The number of carbonyl (C=O) groups is 1. The predicted molar refractivity (Wildman–Crippen MR) is 121 cm³/mol. The van der Waals surface area contributed by atoms with Crippen LogP contribution in [0.5, 0.6) is 0 Å². The zero-order valence-electron chi connectivity index (χ0n) is 16.5. The van der Waals surface area contributed by atoms with Crippen LogP contribution in [0.15, 0.2) is 29.3 Å². The molecule has 1 aliphatic heterocycles. The molecule has 28 heavy (non-hydrogen) atoms. The van der Waals surface area contributed by atoms with Crippen molar-refractivity contribution in [2.45, 2.75) is 51.6 Å². The van der Waals surface area contributed by atoms with Gasteiger partial charge in [0.1, 0.15) is 0 Å². The fourth-order valence-electron chi connectivity index (χ4n) is 3.88. The number of likely N-dealkylation sites (tertiary alicyclic amines) is 1. The molecule has 6 nitrogen and oxygen atoms in total. The van der Waals surface area contributed by atoms with Gasteiger partial charge in [-0.25, -0.2) is 4.99 Å². The van der Waals surface area contributed by atoms with Gasteiger partial charge >= 0.3 is 0 Å². The van der Waals surface area contributed by atoms with E-state index in [1.165, 1.54) is 12.8 Å². The van der Waals surface area contributed by atoms with Gasteiger partial charge in [-0.1, -0.05) is 25.0 Å². The zero-order chi connectivity index (χ0) is 19.1. The highest BCUT2D eigenvalue weighted by Crippen LogP contribution is 2.27. The minimum absolute atomic E-state index is 0. The lowest BCUT2D eigenvalue weighted by molar-refractivity contribution is -0.134. The average molecular weight is 495 g/mol. The molecule has 1 atom stereocenters. The number of hydrogen-bond acceptors (Lipinski definition) is 3. The first-order chi connectivity index (χ1) is 13.2. The molecular formula is C21H30IN5O. The minimum atomic E-state index is 0. The van der Waals surface area contributed by atoms with Crippen molar-refractivity contribution in [3.05, 3.63) is 35.4 Å². The van der Waals surface area contributed by atoms with Crippen molar-refractivity contribution in [3.63, 3.8) is 0 Å². The maximum absolute atomic E-state index is 12.6. The highest BCUT2D eigenvalue weighted by atomic mass is 127. The predicted octanol–water partition coefficient (Wildman–Crippen LogP) is 3.02. The maximum atomic E-state index is 12.6. The quantitative estimate of drug-likeness (QED) is 0.374. The highest BCUT2D eigenvalue weighted by Gasteiger charge is 2.32. The summed E-state index contributed by atoms with van der Waals surface area (Å²) in [6.07, 6.45) is 5.46. The van der Waals surface area contributed by atoms with Crippen LogP contribution >= 0.6 is 24.0 Å². The van der Waals surface area contributed by atoms with Gasteiger partial charge in [0.05, 0.1) is 18.2 Å². The number of nitrogens with zero attached hydrogens (tertiary/aromatic N) is 3. The van der Waals surface area contributed by atoms with Crippen LogP contribution in [0.2, 0.25) is 0 Å². The van der Waals surface area contributed by atoms with Gasteiger partial charge in [-0.3, -0.25) is 4.79 Å². The SMILES string of the molecule is CCNC(=NCc1ccc(C#N)cc1)NC1CCN(C(=O)C2CCCC2)C1.I. The van der Waals surface area contributed by atoms with Gasteiger partial charge in [0.25, 0.3) is 0 Å². The second-order valence-corrected chi connectivity index (χ2v) is 7.40. The van der Waals surface area contributed by atoms with Gasteiger partial charge in [0.2, 0.25) is 5.91 Å². The lowest BCUT2D eigenvalue weighted by Crippen LogP contribution is -2.45. The number of guanidine groups is 1. The monoisotopic (exact) mass is 495 g/mol. The van der Waals surface area contributed by atoms with Crippen molar-refractivity contribution < 1.29 is 4.79 Å². The molecule has 1 saturated carbocycles. The van der Waals surface area contributed by atoms with Crippen LogP contribution in [0.3, 0.4) is 0 Å². The van der Waals surface area contributed by atoms with Crippen molar-refractivity contribution in [1.82, 2.24) is 15.5 Å². The number of nitriles is 1. The molecule has 0 spiro atoms. The molecule has 152 valence electrons. The summed E-state index contributed by atoms with van der Waals surface area (Å²) in [7, 11) is 0. The number of carbonyl (C=O) groups excluding carboxylic acids is 1. The molecule has 1 aromatic rings. The number of amides is 1. The van der Waals surface area contributed by atoms with Crippen LogP contribution in [-0.4, -0.2) is 42.4 Å². The van der Waals surface area contributed by atoms with Crippen LogP contribution in [-0.2, 0) is 11.3 Å². The third-order valence-electron chi connectivity index (χ3n) is 5.39. The molecule has 1 aromatic carbocycles. The molecule has 0 bridgehead atoms. The Morgan fingerprint density at radius 2 is 1.96 bits per heavy atom. The first kappa shape index (κ1) is 22.5. The van der Waals surface area contributed by atoms with E-state index in [0.717, 1.165) is 50.4 Å². The molecule has 0 aromatic heterocycles. The summed E-state index contributed by atoms with van der Waals surface area (Å²) in [5, 5.41) is 15.6. The fourth-order valence-corrected chi connectivity index (χ4v) is 3.88. The standard InChI is InChI=1S/C21H29N5O.HI/c1-2-23-21(24-14-17-9-7-16(13-22)8-10-17)25-19-11-12-26(15-19)20(27)18-5-3-4-6-18;/h7-10,18-19H,2-6,11-12,14-15H2,1H3,(H2,23,24,25);1H. The molecule has 2 fully saturated rings. The average Bonchev–Trinajstić information content (AvgIpc) is 3.38. The number of halogens is 1. The number of rotatable bonds is 5. The molecule has 0 radical (unpaired) electrons. The van der Waals surface area contributed by atoms with Crippen molar-refractivity contribution in [1.29, 1.82) is 5.26 Å². The molecule has 7 heteroatoms. The molecular weight excluding hydrogens is 465 g/mol. The highest BCUT2D eigenvalue weighted by molar-refractivity contribution is 14.0. The van der Waals surface area contributed by atoms with E-state index in [1.807, 2.05) is 36.1 Å². The first-order valence-electron chi connectivity index (χ1n) is 10.0. The Morgan fingerprint density at radius 3 is 2.61 bits per heavy atom. The number of nitrogens with one attached hydrogen (secondary N) is 2. The van der Waals surface area contributed by atoms with Crippen molar-refractivity contribution in [2.24, 2.45) is 10.9 Å². The van der Waals surface area contributed by atoms with E-state index < -0.39 is 0 Å². The second kappa shape index (κ2) is 11.2. The zero-order valence-corrected chi connectivity index (χ0v) is 18.8. The Bertz CT molecular complexity index is 707. The van der Waals surface area contributed by atoms with E-state index >= 15 is 0 Å². The molecule has 1 heterocycles. The fraction of sp³-hybridized carbons (Fsp3) is 0.571. The van der Waals surface area contributed by atoms with E-state index in [4.69, 9.17) is 5.26 Å². The van der Waals surface area contributed by atoms with Gasteiger partial charge in [0, 0.05) is 31.6 Å². The third-order valence-corrected chi connectivity index (χ3v) is 5.39. The summed E-state index contributed by atoms with van der Waals surface area (Å²) >= 11 is 0. The summed E-state index contributed by atoms with van der Waals surface area (Å²) in [5.41, 5.74) is 1.72. The molecule has 2 N–H and O–H groups in total. The Labute approximate surface area is 184 Å². The number of benzene rings is 1. The van der Waals surface area contributed by atoms with Gasteiger partial charge in [-0.2, -0.15) is 5.26 Å². The van der Waals surface area contributed by atoms with Crippen LogP contribution in [0, 0.1) is 17.2 Å². The van der Waals surface area contributed by atoms with Crippen LogP contribution in [0.1, 0.15) is 50.2 Å². The Morgan fingerprint density at radius 1 is 1.25 bits per heavy atom. The Kier molecular flexibility index (Phi) is 9.03. The van der Waals surface area contributed by atoms with E-state index in [2.05, 4.69) is 21.7 Å². The third kappa shape index (κ3) is 6.09. The van der Waals surface area contributed by atoms with Gasteiger partial charge in [-0.15, -0.1) is 24.0 Å². The first-order valence-corrected chi connectivity index (χ1v) is 10.0. The maximum Gasteiger partial charge on any atom is 0.225 e. The van der Waals surface area contributed by atoms with Crippen molar-refractivity contribution in [2.75, 3.05) is 19.6 Å². The summed E-state index contributed by atoms with van der Waals surface area (Å²) in [5.74, 6) is 1.38. The largest absolute Gasteiger partial charge is 0.357 e. The second-order valence-electron chi connectivity index (χ2n) is 7.40. The summed E-state index contributed by atoms with van der Waals surface area (Å²) in [4.78, 5) is 19.3. The van der Waals surface area contributed by atoms with E-state index in [-0.39, 0.29) is 35.9 Å².